The highest BCUT2D eigenvalue weighted by Gasteiger charge is 2.24. The van der Waals surface area contributed by atoms with Gasteiger partial charge in [-0.05, 0) is 76.5 Å². The molecular weight excluding hydrogens is 418 g/mol. The number of benzene rings is 1. The average Bonchev–Trinajstić information content (AvgIpc) is 2.79. The maximum atomic E-state index is 12.0. The fourth-order valence-corrected chi connectivity index (χ4v) is 4.78. The maximum Gasteiger partial charge on any atom is 0.254 e. The first kappa shape index (κ1) is 23.3. The molecule has 2 aliphatic rings. The monoisotopic (exact) mass is 453 g/mol. The van der Waals surface area contributed by atoms with E-state index in [4.69, 9.17) is 10.5 Å². The van der Waals surface area contributed by atoms with Crippen LogP contribution in [0.5, 0.6) is 5.75 Å². The van der Waals surface area contributed by atoms with E-state index in [1.165, 1.54) is 17.3 Å². The van der Waals surface area contributed by atoms with E-state index in [0.29, 0.717) is 23.4 Å². The summed E-state index contributed by atoms with van der Waals surface area (Å²) in [4.78, 5) is 25.6. The SMILES string of the molecule is COc1cc2c(cc1Nc1ncc(C(N)=O)c(NC3CCC(N(C)C)CC3)n1)CN(C)CC2. The van der Waals surface area contributed by atoms with E-state index in [1.54, 1.807) is 7.11 Å². The van der Waals surface area contributed by atoms with Gasteiger partial charge in [0.2, 0.25) is 5.95 Å². The van der Waals surface area contributed by atoms with Crippen LogP contribution in [0.4, 0.5) is 17.5 Å². The zero-order valence-corrected chi connectivity index (χ0v) is 20.0. The highest BCUT2D eigenvalue weighted by atomic mass is 16.5. The molecule has 1 aromatic heterocycles. The van der Waals surface area contributed by atoms with Gasteiger partial charge in [-0.3, -0.25) is 4.79 Å². The molecule has 1 amide bonds. The van der Waals surface area contributed by atoms with Crippen molar-refractivity contribution in [1.82, 2.24) is 19.8 Å². The summed E-state index contributed by atoms with van der Waals surface area (Å²) >= 11 is 0. The van der Waals surface area contributed by atoms with Crippen LogP contribution in [0.15, 0.2) is 18.3 Å². The molecule has 0 bridgehead atoms. The van der Waals surface area contributed by atoms with Crippen molar-refractivity contribution in [3.63, 3.8) is 0 Å². The van der Waals surface area contributed by atoms with Gasteiger partial charge in [0.1, 0.15) is 11.6 Å². The molecule has 178 valence electrons. The second-order valence-electron chi connectivity index (χ2n) is 9.37. The number of aromatic nitrogens is 2. The van der Waals surface area contributed by atoms with Gasteiger partial charge in [-0.2, -0.15) is 4.98 Å². The molecule has 1 saturated carbocycles. The summed E-state index contributed by atoms with van der Waals surface area (Å²) in [5, 5.41) is 6.74. The van der Waals surface area contributed by atoms with Crippen LogP contribution in [0.3, 0.4) is 0 Å². The van der Waals surface area contributed by atoms with Gasteiger partial charge >= 0.3 is 0 Å². The summed E-state index contributed by atoms with van der Waals surface area (Å²) < 4.78 is 5.63. The number of ether oxygens (including phenoxy) is 1. The Morgan fingerprint density at radius 1 is 1.21 bits per heavy atom. The molecule has 4 rings (SSSR count). The van der Waals surface area contributed by atoms with Crippen molar-refractivity contribution < 1.29 is 9.53 Å². The zero-order valence-electron chi connectivity index (χ0n) is 20.0. The molecule has 33 heavy (non-hydrogen) atoms. The fraction of sp³-hybridized carbons (Fsp3) is 0.542. The van der Waals surface area contributed by atoms with Gasteiger partial charge in [-0.25, -0.2) is 4.98 Å². The molecule has 9 heteroatoms. The first-order valence-electron chi connectivity index (χ1n) is 11.6. The molecule has 0 unspecified atom stereocenters. The number of hydrogen-bond acceptors (Lipinski definition) is 8. The van der Waals surface area contributed by atoms with E-state index in [1.807, 2.05) is 0 Å². The number of nitrogens with one attached hydrogen (secondary N) is 2. The molecular formula is C24H35N7O2. The summed E-state index contributed by atoms with van der Waals surface area (Å²) in [5.74, 6) is 1.08. The van der Waals surface area contributed by atoms with Crippen molar-refractivity contribution in [2.45, 2.75) is 50.7 Å². The largest absolute Gasteiger partial charge is 0.495 e. The number of nitrogens with zero attached hydrogens (tertiary/aromatic N) is 4. The number of hydrogen-bond donors (Lipinski definition) is 3. The predicted molar refractivity (Wildman–Crippen MR) is 130 cm³/mol. The number of anilines is 3. The summed E-state index contributed by atoms with van der Waals surface area (Å²) in [6.45, 7) is 1.92. The van der Waals surface area contributed by atoms with Crippen molar-refractivity contribution >= 4 is 23.4 Å². The number of amides is 1. The predicted octanol–water partition coefficient (Wildman–Crippen LogP) is 2.60. The van der Waals surface area contributed by atoms with Crippen LogP contribution in [0.2, 0.25) is 0 Å². The Hall–Kier alpha value is -2.91. The van der Waals surface area contributed by atoms with Crippen LogP contribution in [0, 0.1) is 0 Å². The number of fused-ring (bicyclic) bond motifs is 1. The Morgan fingerprint density at radius 3 is 2.64 bits per heavy atom. The number of methoxy groups -OCH3 is 1. The van der Waals surface area contributed by atoms with Gasteiger partial charge in [-0.15, -0.1) is 0 Å². The molecule has 0 radical (unpaired) electrons. The molecule has 1 aliphatic carbocycles. The molecule has 4 N–H and O–H groups in total. The van der Waals surface area contributed by atoms with Gasteiger partial charge in [0.15, 0.2) is 0 Å². The lowest BCUT2D eigenvalue weighted by Crippen LogP contribution is -2.36. The molecule has 1 fully saturated rings. The zero-order chi connectivity index (χ0) is 23.5. The molecule has 1 aliphatic heterocycles. The third-order valence-electron chi connectivity index (χ3n) is 6.79. The van der Waals surface area contributed by atoms with Gasteiger partial charge in [-0.1, -0.05) is 0 Å². The van der Waals surface area contributed by atoms with E-state index >= 15 is 0 Å². The first-order chi connectivity index (χ1) is 15.8. The standard InChI is InChI=1S/C24H35N7O2/c1-30(2)18-7-5-17(6-8-18)27-23-19(22(25)32)13-26-24(29-23)28-20-11-16-14-31(3)10-9-15(16)12-21(20)33-4/h11-13,17-18H,5-10,14H2,1-4H3,(H2,25,32)(H2,26,27,28,29). The van der Waals surface area contributed by atoms with E-state index in [2.05, 4.69) is 63.7 Å². The molecule has 2 heterocycles. The Kier molecular flexibility index (Phi) is 6.99. The fourth-order valence-electron chi connectivity index (χ4n) is 4.78. The molecule has 9 nitrogen and oxygen atoms in total. The number of primary amides is 1. The number of rotatable bonds is 7. The lowest BCUT2D eigenvalue weighted by molar-refractivity contribution is 0.100. The second-order valence-corrected chi connectivity index (χ2v) is 9.37. The number of carbonyl (C=O) groups excluding carboxylic acids is 1. The van der Waals surface area contributed by atoms with Crippen LogP contribution >= 0.6 is 0 Å². The Bertz CT molecular complexity index is 1000. The number of carbonyl (C=O) groups is 1. The normalized spacial score (nSPS) is 20.9. The summed E-state index contributed by atoms with van der Waals surface area (Å²) in [6.07, 6.45) is 6.72. The molecule has 0 saturated heterocycles. The van der Waals surface area contributed by atoms with E-state index in [9.17, 15) is 4.79 Å². The molecule has 0 atom stereocenters. The minimum Gasteiger partial charge on any atom is -0.495 e. The smallest absolute Gasteiger partial charge is 0.254 e. The Balaban J connectivity index is 1.56. The van der Waals surface area contributed by atoms with E-state index < -0.39 is 5.91 Å². The summed E-state index contributed by atoms with van der Waals surface area (Å²) in [5.41, 5.74) is 9.27. The highest BCUT2D eigenvalue weighted by Crippen LogP contribution is 2.33. The van der Waals surface area contributed by atoms with Gasteiger partial charge < -0.3 is 30.9 Å². The minimum absolute atomic E-state index is 0.246. The van der Waals surface area contributed by atoms with Crippen LogP contribution < -0.4 is 21.1 Å². The lowest BCUT2D eigenvalue weighted by Gasteiger charge is -2.33. The van der Waals surface area contributed by atoms with Crippen molar-refractivity contribution in [2.24, 2.45) is 5.73 Å². The van der Waals surface area contributed by atoms with Gasteiger partial charge in [0, 0.05) is 31.4 Å². The van der Waals surface area contributed by atoms with Crippen LogP contribution in [0.1, 0.15) is 47.2 Å². The number of nitrogens with two attached hydrogens (primary N) is 1. The van der Waals surface area contributed by atoms with Gasteiger partial charge in [0.25, 0.3) is 5.91 Å². The topological polar surface area (TPSA) is 109 Å². The maximum absolute atomic E-state index is 12.0. The van der Waals surface area contributed by atoms with Crippen LogP contribution in [-0.4, -0.2) is 72.6 Å². The molecule has 1 aromatic carbocycles. The van der Waals surface area contributed by atoms with E-state index in [-0.39, 0.29) is 6.04 Å². The van der Waals surface area contributed by atoms with Crippen LogP contribution in [0.25, 0.3) is 0 Å². The Labute approximate surface area is 195 Å². The minimum atomic E-state index is -0.541. The van der Waals surface area contributed by atoms with Crippen molar-refractivity contribution in [2.75, 3.05) is 45.4 Å². The summed E-state index contributed by atoms with van der Waals surface area (Å²) in [7, 11) is 8.03. The highest BCUT2D eigenvalue weighted by molar-refractivity contribution is 5.97. The third kappa shape index (κ3) is 5.36. The second kappa shape index (κ2) is 9.93. The summed E-state index contributed by atoms with van der Waals surface area (Å²) in [6, 6.07) is 5.03. The number of likely N-dealkylation sites (N-methyl/N-ethyl adjacent to an activating group) is 1. The molecule has 0 spiro atoms. The van der Waals surface area contributed by atoms with Gasteiger partial charge in [0.05, 0.1) is 18.4 Å². The lowest BCUT2D eigenvalue weighted by atomic mass is 9.90. The third-order valence-corrected chi connectivity index (χ3v) is 6.79. The Morgan fingerprint density at radius 2 is 1.97 bits per heavy atom. The quantitative estimate of drug-likeness (QED) is 0.587. The van der Waals surface area contributed by atoms with Crippen molar-refractivity contribution in [3.05, 3.63) is 35.0 Å². The molecule has 2 aromatic rings. The van der Waals surface area contributed by atoms with Crippen molar-refractivity contribution in [1.29, 1.82) is 0 Å². The average molecular weight is 454 g/mol. The van der Waals surface area contributed by atoms with Crippen LogP contribution in [-0.2, 0) is 13.0 Å². The van der Waals surface area contributed by atoms with Crippen molar-refractivity contribution in [3.8, 4) is 5.75 Å². The van der Waals surface area contributed by atoms with E-state index in [0.717, 1.165) is 56.6 Å². The first-order valence-corrected chi connectivity index (χ1v) is 11.6.